The highest BCUT2D eigenvalue weighted by Crippen LogP contribution is 2.27. The molecule has 8 heteroatoms. The van der Waals surface area contributed by atoms with Crippen LogP contribution in [0.4, 0.5) is 22.7 Å². The van der Waals surface area contributed by atoms with Crippen LogP contribution in [0.25, 0.3) is 0 Å². The van der Waals surface area contributed by atoms with Crippen molar-refractivity contribution >= 4 is 34.7 Å². The number of rotatable bonds is 15. The number of hydrogen-bond donors (Lipinski definition) is 1. The SMILES string of the molecule is C=CC(=O)OCCCCCCOc1ccc(C(=O)Oc2ccc(Nc3ccc(N=Nc4ccccc4)cc3)c(C)c2)cc1. The Kier molecular flexibility index (Phi) is 11.6. The van der Waals surface area contributed by atoms with Crippen molar-refractivity contribution in [1.29, 1.82) is 0 Å². The van der Waals surface area contributed by atoms with Crippen molar-refractivity contribution in [2.24, 2.45) is 10.2 Å². The molecule has 8 nitrogen and oxygen atoms in total. The number of nitrogens with one attached hydrogen (secondary N) is 1. The molecule has 0 saturated carbocycles. The van der Waals surface area contributed by atoms with Crippen molar-refractivity contribution in [3.8, 4) is 11.5 Å². The molecule has 0 spiro atoms. The molecular formula is C35H35N3O5. The van der Waals surface area contributed by atoms with Gasteiger partial charge >= 0.3 is 11.9 Å². The predicted octanol–water partition coefficient (Wildman–Crippen LogP) is 9.04. The molecular weight excluding hydrogens is 542 g/mol. The first-order valence-electron chi connectivity index (χ1n) is 14.2. The fourth-order valence-corrected chi connectivity index (χ4v) is 4.05. The van der Waals surface area contributed by atoms with Crippen LogP contribution in [0.5, 0.6) is 11.5 Å². The van der Waals surface area contributed by atoms with Crippen molar-refractivity contribution in [3.63, 3.8) is 0 Å². The number of esters is 2. The zero-order valence-electron chi connectivity index (χ0n) is 24.2. The molecule has 4 rings (SSSR count). The summed E-state index contributed by atoms with van der Waals surface area (Å²) in [5.41, 5.74) is 4.72. The largest absolute Gasteiger partial charge is 0.494 e. The quantitative estimate of drug-likeness (QED) is 0.0498. The van der Waals surface area contributed by atoms with E-state index in [2.05, 4.69) is 22.1 Å². The van der Waals surface area contributed by atoms with Crippen molar-refractivity contribution < 1.29 is 23.8 Å². The van der Waals surface area contributed by atoms with Gasteiger partial charge in [0.05, 0.1) is 30.2 Å². The Hall–Kier alpha value is -5.24. The van der Waals surface area contributed by atoms with Crippen LogP contribution in [-0.2, 0) is 9.53 Å². The van der Waals surface area contributed by atoms with Crippen molar-refractivity contribution in [2.45, 2.75) is 32.6 Å². The summed E-state index contributed by atoms with van der Waals surface area (Å²) in [6.07, 6.45) is 4.78. The zero-order valence-corrected chi connectivity index (χ0v) is 24.2. The predicted molar refractivity (Wildman–Crippen MR) is 168 cm³/mol. The molecule has 0 unspecified atom stereocenters. The average Bonchev–Trinajstić information content (AvgIpc) is 3.04. The fourth-order valence-electron chi connectivity index (χ4n) is 4.05. The molecule has 0 saturated heterocycles. The van der Waals surface area contributed by atoms with Crippen LogP contribution >= 0.6 is 0 Å². The lowest BCUT2D eigenvalue weighted by Crippen LogP contribution is -2.09. The van der Waals surface area contributed by atoms with Gasteiger partial charge in [0.15, 0.2) is 0 Å². The smallest absolute Gasteiger partial charge is 0.343 e. The van der Waals surface area contributed by atoms with E-state index in [1.807, 2.05) is 73.7 Å². The number of benzene rings is 4. The molecule has 1 N–H and O–H groups in total. The summed E-state index contributed by atoms with van der Waals surface area (Å²) in [7, 11) is 0. The number of carbonyl (C=O) groups is 2. The maximum atomic E-state index is 12.7. The van der Waals surface area contributed by atoms with Crippen LogP contribution in [0.1, 0.15) is 41.6 Å². The topological polar surface area (TPSA) is 98.6 Å². The van der Waals surface area contributed by atoms with Gasteiger partial charge in [0, 0.05) is 17.5 Å². The normalized spacial score (nSPS) is 10.7. The number of carbonyl (C=O) groups excluding carboxylic acids is 2. The van der Waals surface area contributed by atoms with E-state index in [4.69, 9.17) is 14.2 Å². The molecule has 0 aromatic heterocycles. The van der Waals surface area contributed by atoms with Gasteiger partial charge in [-0.05, 0) is 117 Å². The van der Waals surface area contributed by atoms with Crippen LogP contribution in [-0.4, -0.2) is 25.2 Å². The summed E-state index contributed by atoms with van der Waals surface area (Å²) in [6.45, 7) is 6.29. The standard InChI is InChI=1S/C35H35N3O5/c1-3-34(39)42-24-10-5-4-9-23-41-31-19-13-27(14-20-31)35(40)43-32-21-22-33(26(2)25-32)36-28-15-17-30(18-16-28)38-37-29-11-7-6-8-12-29/h3,6-8,11-22,25,36H,1,4-5,9-10,23-24H2,2H3. The number of aryl methyl sites for hydroxylation is 1. The molecule has 0 aliphatic heterocycles. The second-order valence-corrected chi connectivity index (χ2v) is 9.73. The maximum absolute atomic E-state index is 12.7. The first-order chi connectivity index (χ1) is 21.0. The second-order valence-electron chi connectivity index (χ2n) is 9.73. The summed E-state index contributed by atoms with van der Waals surface area (Å²) in [6, 6.07) is 29.6. The minimum Gasteiger partial charge on any atom is -0.494 e. The van der Waals surface area contributed by atoms with Gasteiger partial charge in [-0.15, -0.1) is 0 Å². The Morgan fingerprint density at radius 1 is 0.767 bits per heavy atom. The molecule has 0 radical (unpaired) electrons. The lowest BCUT2D eigenvalue weighted by atomic mass is 10.1. The Balaban J connectivity index is 1.20. The Bertz CT molecular complexity index is 1520. The van der Waals surface area contributed by atoms with Gasteiger partial charge in [-0.2, -0.15) is 10.2 Å². The molecule has 0 fully saturated rings. The van der Waals surface area contributed by atoms with Crippen LogP contribution in [0.3, 0.4) is 0 Å². The van der Waals surface area contributed by atoms with Gasteiger partial charge in [0.2, 0.25) is 0 Å². The third kappa shape index (κ3) is 10.3. The van der Waals surface area contributed by atoms with Gasteiger partial charge in [0.1, 0.15) is 11.5 Å². The monoisotopic (exact) mass is 577 g/mol. The molecule has 0 heterocycles. The Morgan fingerprint density at radius 2 is 1.42 bits per heavy atom. The molecule has 4 aromatic carbocycles. The molecule has 0 aliphatic carbocycles. The van der Waals surface area contributed by atoms with Gasteiger partial charge in [-0.25, -0.2) is 9.59 Å². The number of nitrogens with zero attached hydrogens (tertiary/aromatic N) is 2. The Labute approximate surface area is 252 Å². The number of ether oxygens (including phenoxy) is 3. The minimum absolute atomic E-state index is 0.390. The molecule has 0 aliphatic rings. The van der Waals surface area contributed by atoms with E-state index in [1.54, 1.807) is 30.3 Å². The van der Waals surface area contributed by atoms with E-state index in [9.17, 15) is 9.59 Å². The summed E-state index contributed by atoms with van der Waals surface area (Å²) in [5.74, 6) is 0.322. The third-order valence-electron chi connectivity index (χ3n) is 6.40. The fraction of sp³-hybridized carbons (Fsp3) is 0.200. The highest BCUT2D eigenvalue weighted by Gasteiger charge is 2.10. The first-order valence-corrected chi connectivity index (χ1v) is 14.2. The molecule has 0 bridgehead atoms. The third-order valence-corrected chi connectivity index (χ3v) is 6.40. The van der Waals surface area contributed by atoms with Crippen LogP contribution in [0, 0.1) is 6.92 Å². The summed E-state index contributed by atoms with van der Waals surface area (Å²) in [4.78, 5) is 23.7. The highest BCUT2D eigenvalue weighted by molar-refractivity contribution is 5.91. The van der Waals surface area contributed by atoms with Crippen LogP contribution in [0.2, 0.25) is 0 Å². The van der Waals surface area contributed by atoms with E-state index in [-0.39, 0.29) is 5.97 Å². The Morgan fingerprint density at radius 3 is 2.09 bits per heavy atom. The molecule has 4 aromatic rings. The number of azo groups is 1. The van der Waals surface area contributed by atoms with Crippen molar-refractivity contribution in [3.05, 3.63) is 121 Å². The minimum atomic E-state index is -0.441. The summed E-state index contributed by atoms with van der Waals surface area (Å²) >= 11 is 0. The van der Waals surface area contributed by atoms with Crippen LogP contribution < -0.4 is 14.8 Å². The maximum Gasteiger partial charge on any atom is 0.343 e. The van der Waals surface area contributed by atoms with E-state index >= 15 is 0 Å². The number of unbranched alkanes of at least 4 members (excludes halogenated alkanes) is 3. The lowest BCUT2D eigenvalue weighted by molar-refractivity contribution is -0.137. The lowest BCUT2D eigenvalue weighted by Gasteiger charge is -2.12. The van der Waals surface area contributed by atoms with E-state index in [0.29, 0.717) is 30.3 Å². The number of anilines is 2. The molecule has 43 heavy (non-hydrogen) atoms. The number of hydrogen-bond acceptors (Lipinski definition) is 8. The van der Waals surface area contributed by atoms with E-state index in [0.717, 1.165) is 54.0 Å². The zero-order chi connectivity index (χ0) is 30.3. The highest BCUT2D eigenvalue weighted by atomic mass is 16.5. The van der Waals surface area contributed by atoms with Gasteiger partial charge in [-0.1, -0.05) is 24.8 Å². The van der Waals surface area contributed by atoms with E-state index < -0.39 is 5.97 Å². The second kappa shape index (κ2) is 16.3. The molecule has 220 valence electrons. The van der Waals surface area contributed by atoms with E-state index in [1.165, 1.54) is 6.08 Å². The first kappa shape index (κ1) is 30.7. The molecule has 0 atom stereocenters. The van der Waals surface area contributed by atoms with Crippen LogP contribution in [0.15, 0.2) is 120 Å². The molecule has 0 amide bonds. The van der Waals surface area contributed by atoms with Crippen molar-refractivity contribution in [1.82, 2.24) is 0 Å². The van der Waals surface area contributed by atoms with Gasteiger partial charge < -0.3 is 19.5 Å². The van der Waals surface area contributed by atoms with Gasteiger partial charge in [-0.3, -0.25) is 0 Å². The average molecular weight is 578 g/mol. The summed E-state index contributed by atoms with van der Waals surface area (Å²) in [5, 5.41) is 11.9. The van der Waals surface area contributed by atoms with Crippen molar-refractivity contribution in [2.75, 3.05) is 18.5 Å². The van der Waals surface area contributed by atoms with Gasteiger partial charge in [0.25, 0.3) is 0 Å². The summed E-state index contributed by atoms with van der Waals surface area (Å²) < 4.78 is 16.3.